The molecule has 0 unspecified atom stereocenters. The quantitative estimate of drug-likeness (QED) is 0.0691. The van der Waals surface area contributed by atoms with Crippen molar-refractivity contribution in [3.63, 3.8) is 0 Å². The van der Waals surface area contributed by atoms with Crippen molar-refractivity contribution in [2.45, 2.75) is 78.6 Å². The fraction of sp³-hybridized carbons (Fsp3) is 0.200. The van der Waals surface area contributed by atoms with Gasteiger partial charge in [-0.1, -0.05) is 123 Å². The molecule has 326 valence electrons. The zero-order chi connectivity index (χ0) is 46.4. The molecule has 0 saturated carbocycles. The van der Waals surface area contributed by atoms with E-state index in [0.29, 0.717) is 61.9 Å². The number of fused-ring (bicyclic) bond motifs is 2. The third kappa shape index (κ3) is 7.16. The van der Waals surface area contributed by atoms with Gasteiger partial charge in [0.2, 0.25) is 0 Å². The molecule has 9 aromatic rings. The maximum absolute atomic E-state index is 15.0. The molecule has 0 aliphatic carbocycles. The van der Waals surface area contributed by atoms with E-state index in [0.717, 1.165) is 49.2 Å². The Morgan fingerprint density at radius 1 is 0.424 bits per heavy atom. The van der Waals surface area contributed by atoms with Gasteiger partial charge >= 0.3 is 0 Å². The van der Waals surface area contributed by atoms with Crippen LogP contribution >= 0.6 is 0 Å². The molecule has 9 aromatic carbocycles. The second kappa shape index (κ2) is 15.2. The second-order valence-electron chi connectivity index (χ2n) is 20.5. The first-order valence-corrected chi connectivity index (χ1v) is 22.4. The fourth-order valence-corrected chi connectivity index (χ4v) is 9.23. The topological polar surface area (TPSA) is 65.1 Å². The minimum absolute atomic E-state index is 0.00246. The van der Waals surface area contributed by atoms with Crippen LogP contribution in [0, 0.1) is 12.3 Å². The minimum Gasteiger partial charge on any atom is -0.457 e. The number of hydrogen-bond acceptors (Lipinski definition) is 5. The lowest BCUT2D eigenvalue weighted by atomic mass is 9.83. The van der Waals surface area contributed by atoms with Crippen LogP contribution < -0.4 is 19.1 Å². The van der Waals surface area contributed by atoms with E-state index in [1.54, 1.807) is 36.4 Å². The summed E-state index contributed by atoms with van der Waals surface area (Å²) in [6.45, 7) is 19.6. The van der Waals surface area contributed by atoms with Gasteiger partial charge in [-0.2, -0.15) is 0 Å². The highest BCUT2D eigenvalue weighted by Crippen LogP contribution is 2.53. The van der Waals surface area contributed by atoms with Gasteiger partial charge in [0.05, 0.1) is 16.8 Å². The lowest BCUT2D eigenvalue weighted by Crippen LogP contribution is -2.40. The monoisotopic (exact) mass is 865 g/mol. The summed E-state index contributed by atoms with van der Waals surface area (Å²) in [7, 11) is 0. The van der Waals surface area contributed by atoms with Crippen molar-refractivity contribution < 1.29 is 23.8 Å². The van der Waals surface area contributed by atoms with Crippen molar-refractivity contribution in [3.05, 3.63) is 173 Å². The molecule has 1 heterocycles. The van der Waals surface area contributed by atoms with Crippen LogP contribution in [0.3, 0.4) is 0 Å². The average Bonchev–Trinajstić information content (AvgIpc) is 3.28. The third-order valence-electron chi connectivity index (χ3n) is 12.9. The molecule has 6 heteroatoms. The second-order valence-corrected chi connectivity index (χ2v) is 20.5. The number of benzene rings is 9. The molecule has 0 atom stereocenters. The van der Waals surface area contributed by atoms with Gasteiger partial charge in [0.15, 0.2) is 0 Å². The number of carbonyl (C=O) groups is 2. The molecular weight excluding hydrogens is 815 g/mol. The summed E-state index contributed by atoms with van der Waals surface area (Å²) in [4.78, 5) is 31.3. The van der Waals surface area contributed by atoms with E-state index >= 15 is 9.59 Å². The molecule has 0 fully saturated rings. The van der Waals surface area contributed by atoms with Crippen LogP contribution in [0.15, 0.2) is 140 Å². The predicted molar refractivity (Wildman–Crippen MR) is 269 cm³/mol. The molecule has 0 aromatic heterocycles. The highest BCUT2D eigenvalue weighted by molar-refractivity contribution is 6.44. The Hall–Kier alpha value is -7.62. The third-order valence-corrected chi connectivity index (χ3v) is 12.9. The highest BCUT2D eigenvalue weighted by Gasteiger charge is 2.38. The first-order chi connectivity index (χ1) is 31.4. The van der Waals surface area contributed by atoms with Crippen LogP contribution in [0.4, 0.5) is 5.69 Å². The van der Waals surface area contributed by atoms with E-state index in [1.807, 2.05) is 48.5 Å². The van der Waals surface area contributed by atoms with Gasteiger partial charge in [0, 0.05) is 37.9 Å². The summed E-state index contributed by atoms with van der Waals surface area (Å²) in [5.41, 5.74) is 5.10. The summed E-state index contributed by atoms with van der Waals surface area (Å²) < 4.78 is 20.7. The van der Waals surface area contributed by atoms with Crippen molar-refractivity contribution in [1.29, 1.82) is 0 Å². The molecule has 0 radical (unpaired) electrons. The Kier molecular flexibility index (Phi) is 9.78. The number of rotatable bonds is 7. The molecule has 0 saturated heterocycles. The predicted octanol–water partition coefficient (Wildman–Crippen LogP) is 15.8. The molecule has 2 amide bonds. The number of imide groups is 1. The zero-order valence-electron chi connectivity index (χ0n) is 38.8. The lowest BCUT2D eigenvalue weighted by Gasteiger charge is -2.30. The summed E-state index contributed by atoms with van der Waals surface area (Å²) in [6.07, 6.45) is 5.70. The van der Waals surface area contributed by atoms with Gasteiger partial charge in [-0.15, -0.1) is 6.42 Å². The van der Waals surface area contributed by atoms with Gasteiger partial charge in [0.25, 0.3) is 11.8 Å². The Labute approximate surface area is 386 Å². The minimum atomic E-state index is -0.469. The molecule has 1 aliphatic rings. The van der Waals surface area contributed by atoms with Gasteiger partial charge in [-0.05, 0) is 129 Å². The number of anilines is 1. The maximum Gasteiger partial charge on any atom is 0.266 e. The van der Waals surface area contributed by atoms with Gasteiger partial charge in [-0.3, -0.25) is 9.59 Å². The Morgan fingerprint density at radius 3 is 1.26 bits per heavy atom. The number of nitrogens with zero attached hydrogens (tertiary/aromatic N) is 1. The largest absolute Gasteiger partial charge is 0.457 e. The number of carbonyl (C=O) groups excluding carboxylic acids is 2. The van der Waals surface area contributed by atoms with E-state index in [-0.39, 0.29) is 16.2 Å². The van der Waals surface area contributed by atoms with Crippen LogP contribution in [0.5, 0.6) is 34.5 Å². The molecule has 0 N–H and O–H groups in total. The average molecular weight is 866 g/mol. The molecule has 1 aliphatic heterocycles. The summed E-state index contributed by atoms with van der Waals surface area (Å²) in [5, 5.41) is 6.30. The Balaban J connectivity index is 1.28. The van der Waals surface area contributed by atoms with Crippen LogP contribution in [0.2, 0.25) is 0 Å². The van der Waals surface area contributed by atoms with Crippen LogP contribution in [0.1, 0.15) is 105 Å². The number of amides is 2. The van der Waals surface area contributed by atoms with E-state index in [9.17, 15) is 0 Å². The summed E-state index contributed by atoms with van der Waals surface area (Å²) in [5.74, 6) is 5.24. The summed E-state index contributed by atoms with van der Waals surface area (Å²) in [6, 6.07) is 45.1. The highest BCUT2D eigenvalue weighted by atomic mass is 16.5. The number of terminal acetylenes is 1. The van der Waals surface area contributed by atoms with Crippen LogP contribution in [-0.4, -0.2) is 11.8 Å². The van der Waals surface area contributed by atoms with Crippen molar-refractivity contribution in [3.8, 4) is 46.8 Å². The lowest BCUT2D eigenvalue weighted by molar-refractivity contribution is 0.0893. The first kappa shape index (κ1) is 42.3. The molecule has 0 bridgehead atoms. The van der Waals surface area contributed by atoms with E-state index in [4.69, 9.17) is 20.6 Å². The molecule has 0 spiro atoms. The van der Waals surface area contributed by atoms with Crippen LogP contribution in [-0.2, 0) is 16.2 Å². The van der Waals surface area contributed by atoms with E-state index in [2.05, 4.69) is 123 Å². The van der Waals surface area contributed by atoms with Gasteiger partial charge < -0.3 is 14.2 Å². The smallest absolute Gasteiger partial charge is 0.266 e. The standard InChI is InChI=1S/C60H51NO5/c1-11-35-15-23-39(24-16-35)61-56(62)46-33-49(65-41-27-19-37(20-28-41)59(5,6)7)53-44-14-12-13-43-48(64-40-25-17-36(18-26-40)58(2,3)4)32-31-45(51(43)44)54-50(34-47(57(61)63)52(46)55(53)54)66-42-29-21-38(22-30-42)60(8,9)10/h1,12-34H,2-10H3. The zero-order valence-corrected chi connectivity index (χ0v) is 38.8. The molecule has 10 rings (SSSR count). The van der Waals surface area contributed by atoms with Crippen molar-refractivity contribution in [2.24, 2.45) is 0 Å². The van der Waals surface area contributed by atoms with Crippen molar-refractivity contribution in [1.82, 2.24) is 0 Å². The normalized spacial score (nSPS) is 13.2. The first-order valence-electron chi connectivity index (χ1n) is 22.4. The van der Waals surface area contributed by atoms with Gasteiger partial charge in [-0.25, -0.2) is 4.90 Å². The number of ether oxygens (including phenoxy) is 3. The van der Waals surface area contributed by atoms with Gasteiger partial charge in [0.1, 0.15) is 34.5 Å². The van der Waals surface area contributed by atoms with E-state index in [1.165, 1.54) is 10.5 Å². The fourth-order valence-electron chi connectivity index (χ4n) is 9.23. The molecule has 6 nitrogen and oxygen atoms in total. The van der Waals surface area contributed by atoms with Crippen LogP contribution in [0.25, 0.3) is 43.1 Å². The Bertz CT molecular complexity index is 3310. The maximum atomic E-state index is 15.0. The number of hydrogen-bond donors (Lipinski definition) is 0. The van der Waals surface area contributed by atoms with Crippen molar-refractivity contribution in [2.75, 3.05) is 4.90 Å². The Morgan fingerprint density at radius 2 is 0.833 bits per heavy atom. The van der Waals surface area contributed by atoms with Crippen molar-refractivity contribution >= 4 is 60.6 Å². The molecular formula is C60H51NO5. The summed E-state index contributed by atoms with van der Waals surface area (Å²) >= 11 is 0. The van der Waals surface area contributed by atoms with E-state index < -0.39 is 11.8 Å². The SMILES string of the molecule is C#Cc1ccc(N2C(=O)c3cc(Oc4ccc(C(C)(C)C)cc4)c4c5cccc6c(Oc7ccc(C(C)(C)C)cc7)ccc(c7c(Oc8ccc(C(C)(C)C)cc8)cc(c3c47)C2=O)c65)cc1. The molecule has 66 heavy (non-hydrogen) atoms.